The predicted molar refractivity (Wildman–Crippen MR) is 127 cm³/mol. The van der Waals surface area contributed by atoms with Crippen LogP contribution in [-0.4, -0.2) is 15.0 Å². The fourth-order valence-corrected chi connectivity index (χ4v) is 3.70. The molecule has 3 aromatic heterocycles. The molecule has 0 radical (unpaired) electrons. The van der Waals surface area contributed by atoms with E-state index < -0.39 is 0 Å². The first kappa shape index (κ1) is 18.9. The minimum absolute atomic E-state index is 0.697. The van der Waals surface area contributed by atoms with Crippen molar-refractivity contribution in [3.8, 4) is 22.4 Å². The fourth-order valence-electron chi connectivity index (χ4n) is 3.70. The van der Waals surface area contributed by atoms with Gasteiger partial charge in [-0.15, -0.1) is 0 Å². The quantitative estimate of drug-likeness (QED) is 0.376. The number of anilines is 1. The molecular weight excluding hydrogens is 380 g/mol. The van der Waals surface area contributed by atoms with E-state index in [2.05, 4.69) is 68.8 Å². The number of nitrogens with zero attached hydrogens (tertiary/aromatic N) is 3. The lowest BCUT2D eigenvalue weighted by Gasteiger charge is -2.10. The summed E-state index contributed by atoms with van der Waals surface area (Å²) in [7, 11) is 0. The average molecular weight is 403 g/mol. The van der Waals surface area contributed by atoms with E-state index in [1.165, 1.54) is 16.7 Å². The molecule has 0 fully saturated rings. The summed E-state index contributed by atoms with van der Waals surface area (Å²) in [5.41, 5.74) is 6.67. The van der Waals surface area contributed by atoms with Gasteiger partial charge in [0, 0.05) is 41.8 Å². The monoisotopic (exact) mass is 402 g/mol. The molecule has 2 aromatic carbocycles. The van der Waals surface area contributed by atoms with E-state index in [4.69, 9.17) is 0 Å². The molecule has 0 atom stereocenters. The first-order chi connectivity index (χ1) is 15.3. The normalized spacial score (nSPS) is 10.9. The molecule has 0 aliphatic rings. The van der Waals surface area contributed by atoms with Crippen molar-refractivity contribution in [1.29, 1.82) is 0 Å². The van der Waals surface area contributed by atoms with E-state index in [9.17, 15) is 0 Å². The van der Waals surface area contributed by atoms with Crippen molar-refractivity contribution in [1.82, 2.24) is 15.0 Å². The van der Waals surface area contributed by atoms with Crippen molar-refractivity contribution in [2.75, 3.05) is 5.32 Å². The van der Waals surface area contributed by atoms with E-state index in [-0.39, 0.29) is 0 Å². The first-order valence-corrected chi connectivity index (χ1v) is 10.3. The van der Waals surface area contributed by atoms with Gasteiger partial charge in [-0.25, -0.2) is 4.98 Å². The summed E-state index contributed by atoms with van der Waals surface area (Å²) in [6.07, 6.45) is 5.60. The molecule has 0 saturated carbocycles. The zero-order valence-corrected chi connectivity index (χ0v) is 17.3. The molecule has 0 bridgehead atoms. The van der Waals surface area contributed by atoms with Crippen LogP contribution in [0.3, 0.4) is 0 Å². The number of fused-ring (bicyclic) bond motifs is 1. The number of aromatic nitrogens is 3. The maximum absolute atomic E-state index is 4.66. The molecular formula is C27H22N4. The summed E-state index contributed by atoms with van der Waals surface area (Å²) in [6, 6.07) is 27.1. The minimum atomic E-state index is 0.697. The van der Waals surface area contributed by atoms with E-state index in [1.807, 2.05) is 55.8 Å². The molecule has 0 spiro atoms. The molecule has 0 amide bonds. The maximum atomic E-state index is 4.66. The highest BCUT2D eigenvalue weighted by atomic mass is 15.0. The van der Waals surface area contributed by atoms with E-state index in [0.717, 1.165) is 33.5 Å². The van der Waals surface area contributed by atoms with Crippen LogP contribution < -0.4 is 5.32 Å². The number of hydrogen-bond acceptors (Lipinski definition) is 4. The lowest BCUT2D eigenvalue weighted by atomic mass is 10.0. The maximum Gasteiger partial charge on any atom is 0.135 e. The van der Waals surface area contributed by atoms with Crippen LogP contribution in [0.5, 0.6) is 0 Å². The topological polar surface area (TPSA) is 50.7 Å². The second-order valence-electron chi connectivity index (χ2n) is 7.55. The molecule has 5 rings (SSSR count). The van der Waals surface area contributed by atoms with E-state index >= 15 is 0 Å². The molecule has 4 nitrogen and oxygen atoms in total. The van der Waals surface area contributed by atoms with Gasteiger partial charge < -0.3 is 5.32 Å². The number of rotatable bonds is 5. The molecule has 0 unspecified atom stereocenters. The van der Waals surface area contributed by atoms with Gasteiger partial charge in [-0.05, 0) is 53.3 Å². The van der Waals surface area contributed by atoms with Crippen LogP contribution in [0.25, 0.3) is 33.2 Å². The summed E-state index contributed by atoms with van der Waals surface area (Å²) in [6.45, 7) is 2.71. The van der Waals surface area contributed by atoms with Crippen molar-refractivity contribution >= 4 is 16.6 Å². The summed E-state index contributed by atoms with van der Waals surface area (Å²) < 4.78 is 0. The highest BCUT2D eigenvalue weighted by Gasteiger charge is 2.06. The Kier molecular flexibility index (Phi) is 5.11. The molecule has 31 heavy (non-hydrogen) atoms. The van der Waals surface area contributed by atoms with Crippen molar-refractivity contribution in [3.05, 3.63) is 109 Å². The van der Waals surface area contributed by atoms with Crippen LogP contribution in [0.1, 0.15) is 11.3 Å². The molecule has 0 saturated heterocycles. The Hall–Kier alpha value is -4.05. The van der Waals surface area contributed by atoms with Gasteiger partial charge in [-0.3, -0.25) is 9.97 Å². The first-order valence-electron chi connectivity index (χ1n) is 10.3. The summed E-state index contributed by atoms with van der Waals surface area (Å²) in [5.74, 6) is 0.846. The van der Waals surface area contributed by atoms with Crippen molar-refractivity contribution in [3.63, 3.8) is 0 Å². The minimum Gasteiger partial charge on any atom is -0.365 e. The van der Waals surface area contributed by atoms with Crippen molar-refractivity contribution in [2.24, 2.45) is 0 Å². The van der Waals surface area contributed by atoms with Crippen LogP contribution in [0.15, 0.2) is 97.5 Å². The van der Waals surface area contributed by atoms with Crippen molar-refractivity contribution < 1.29 is 0 Å². The number of hydrogen-bond donors (Lipinski definition) is 1. The lowest BCUT2D eigenvalue weighted by molar-refractivity contribution is 1.12. The SMILES string of the molecule is Cc1cc(-c2ccc(CNc3nccc4cc(-c5ccccc5)ncc34)cc2)ccn1. The zero-order valence-electron chi connectivity index (χ0n) is 17.3. The van der Waals surface area contributed by atoms with Gasteiger partial charge in [0.15, 0.2) is 0 Å². The summed E-state index contributed by atoms with van der Waals surface area (Å²) in [4.78, 5) is 13.5. The van der Waals surface area contributed by atoms with Gasteiger partial charge in [0.05, 0.1) is 5.69 Å². The van der Waals surface area contributed by atoms with Crippen LogP contribution >= 0.6 is 0 Å². The molecule has 0 aliphatic carbocycles. The highest BCUT2D eigenvalue weighted by molar-refractivity contribution is 5.93. The van der Waals surface area contributed by atoms with Crippen LogP contribution in [0.4, 0.5) is 5.82 Å². The zero-order chi connectivity index (χ0) is 21.0. The Morgan fingerprint density at radius 3 is 2.32 bits per heavy atom. The summed E-state index contributed by atoms with van der Waals surface area (Å²) in [5, 5.41) is 5.61. The second kappa shape index (κ2) is 8.36. The third kappa shape index (κ3) is 4.14. The van der Waals surface area contributed by atoms with Gasteiger partial charge in [-0.1, -0.05) is 54.6 Å². The lowest BCUT2D eigenvalue weighted by Crippen LogP contribution is -2.02. The Balaban J connectivity index is 1.35. The van der Waals surface area contributed by atoms with Gasteiger partial charge in [0.25, 0.3) is 0 Å². The average Bonchev–Trinajstić information content (AvgIpc) is 2.83. The molecule has 0 aliphatic heterocycles. The molecule has 150 valence electrons. The number of aryl methyl sites for hydroxylation is 1. The Morgan fingerprint density at radius 2 is 1.52 bits per heavy atom. The second-order valence-corrected chi connectivity index (χ2v) is 7.55. The van der Waals surface area contributed by atoms with Gasteiger partial charge >= 0.3 is 0 Å². The standard InChI is InChI=1S/C27H22N4/c1-19-15-23(11-13-28-19)21-9-7-20(8-10-21)17-31-27-25-18-30-26(16-24(25)12-14-29-27)22-5-3-2-4-6-22/h2-16,18H,17H2,1H3,(H,29,31). The van der Waals surface area contributed by atoms with Gasteiger partial charge in [0.2, 0.25) is 0 Å². The Labute approximate surface area is 181 Å². The number of benzene rings is 2. The predicted octanol–water partition coefficient (Wildman–Crippen LogP) is 6.28. The largest absolute Gasteiger partial charge is 0.365 e. The molecule has 1 N–H and O–H groups in total. The smallest absolute Gasteiger partial charge is 0.135 e. The Morgan fingerprint density at radius 1 is 0.710 bits per heavy atom. The van der Waals surface area contributed by atoms with Crippen LogP contribution in [0.2, 0.25) is 0 Å². The molecule has 3 heterocycles. The van der Waals surface area contributed by atoms with Crippen molar-refractivity contribution in [2.45, 2.75) is 13.5 Å². The fraction of sp³-hybridized carbons (Fsp3) is 0.0741. The van der Waals surface area contributed by atoms with Crippen LogP contribution in [0, 0.1) is 6.92 Å². The third-order valence-corrected chi connectivity index (χ3v) is 5.36. The third-order valence-electron chi connectivity index (χ3n) is 5.36. The summed E-state index contributed by atoms with van der Waals surface area (Å²) >= 11 is 0. The van der Waals surface area contributed by atoms with Gasteiger partial charge in [0.1, 0.15) is 5.82 Å². The highest BCUT2D eigenvalue weighted by Crippen LogP contribution is 2.26. The number of nitrogens with one attached hydrogen (secondary N) is 1. The molecule has 5 aromatic rings. The molecule has 4 heteroatoms. The van der Waals surface area contributed by atoms with Crippen LogP contribution in [-0.2, 0) is 6.54 Å². The van der Waals surface area contributed by atoms with E-state index in [0.29, 0.717) is 6.54 Å². The van der Waals surface area contributed by atoms with E-state index in [1.54, 1.807) is 0 Å². The number of pyridine rings is 3. The Bertz CT molecular complexity index is 1330. The van der Waals surface area contributed by atoms with Gasteiger partial charge in [-0.2, -0.15) is 0 Å².